The third-order valence-corrected chi connectivity index (χ3v) is 4.73. The van der Waals surface area contributed by atoms with Gasteiger partial charge in [-0.15, -0.1) is 0 Å². The van der Waals surface area contributed by atoms with Gasteiger partial charge in [0.25, 0.3) is 0 Å². The quantitative estimate of drug-likeness (QED) is 0.678. The average Bonchev–Trinajstić information content (AvgIpc) is 2.16. The van der Waals surface area contributed by atoms with Gasteiger partial charge in [0.2, 0.25) is 10.0 Å². The Morgan fingerprint density at radius 1 is 1.33 bits per heavy atom. The van der Waals surface area contributed by atoms with E-state index in [1.54, 1.807) is 14.0 Å². The van der Waals surface area contributed by atoms with Gasteiger partial charge in [-0.2, -0.15) is 4.31 Å². The van der Waals surface area contributed by atoms with Crippen molar-refractivity contribution in [1.29, 1.82) is 0 Å². The molecule has 0 aliphatic carbocycles. The molecular weight excluding hydrogens is 216 g/mol. The molecule has 0 heterocycles. The fourth-order valence-corrected chi connectivity index (χ4v) is 2.84. The van der Waals surface area contributed by atoms with Crippen LogP contribution < -0.4 is 5.73 Å². The molecule has 0 saturated carbocycles. The van der Waals surface area contributed by atoms with Crippen LogP contribution in [-0.4, -0.2) is 50.8 Å². The van der Waals surface area contributed by atoms with Gasteiger partial charge >= 0.3 is 0 Å². The molecule has 0 aromatic heterocycles. The Labute approximate surface area is 92.6 Å². The highest BCUT2D eigenvalue weighted by Gasteiger charge is 2.29. The number of hydrogen-bond donors (Lipinski definition) is 1. The Morgan fingerprint density at radius 2 is 1.87 bits per heavy atom. The maximum atomic E-state index is 12.0. The van der Waals surface area contributed by atoms with E-state index in [-0.39, 0.29) is 12.6 Å². The minimum absolute atomic E-state index is 0.0702. The molecule has 1 atom stereocenters. The van der Waals surface area contributed by atoms with Crippen molar-refractivity contribution in [3.63, 3.8) is 0 Å². The highest BCUT2D eigenvalue weighted by molar-refractivity contribution is 7.89. The van der Waals surface area contributed by atoms with Crippen LogP contribution in [-0.2, 0) is 14.8 Å². The van der Waals surface area contributed by atoms with E-state index in [1.807, 2.05) is 13.8 Å². The lowest BCUT2D eigenvalue weighted by molar-refractivity contribution is 0.170. The molecule has 0 radical (unpaired) electrons. The molecule has 6 heteroatoms. The third-order valence-electron chi connectivity index (χ3n) is 2.26. The van der Waals surface area contributed by atoms with Crippen molar-refractivity contribution < 1.29 is 13.2 Å². The summed E-state index contributed by atoms with van der Waals surface area (Å²) in [5.41, 5.74) is 5.39. The van der Waals surface area contributed by atoms with Crippen LogP contribution in [0.2, 0.25) is 0 Å². The number of nitrogens with zero attached hydrogens (tertiary/aromatic N) is 1. The van der Waals surface area contributed by atoms with Crippen molar-refractivity contribution in [2.24, 2.45) is 5.73 Å². The summed E-state index contributed by atoms with van der Waals surface area (Å²) < 4.78 is 30.3. The van der Waals surface area contributed by atoms with Gasteiger partial charge in [0.1, 0.15) is 0 Å². The lowest BCUT2D eigenvalue weighted by Crippen LogP contribution is -2.45. The molecule has 0 spiro atoms. The second kappa shape index (κ2) is 6.42. The van der Waals surface area contributed by atoms with Gasteiger partial charge in [0.15, 0.2) is 0 Å². The number of rotatable bonds is 7. The van der Waals surface area contributed by atoms with Crippen molar-refractivity contribution in [1.82, 2.24) is 4.31 Å². The predicted molar refractivity (Wildman–Crippen MR) is 61.2 cm³/mol. The summed E-state index contributed by atoms with van der Waals surface area (Å²) in [6.07, 6.45) is 0. The standard InChI is InChI=1S/C9H22N2O3S/c1-8(2)11(5-6-14-4)15(12,13)9(3)7-10/h8-9H,5-7,10H2,1-4H3. The molecular formula is C9H22N2O3S. The second-order valence-corrected chi connectivity index (χ2v) is 6.09. The molecule has 0 saturated heterocycles. The lowest BCUT2D eigenvalue weighted by Gasteiger charge is -2.28. The predicted octanol–water partition coefficient (Wildman–Crippen LogP) is 0.0202. The fourth-order valence-electron chi connectivity index (χ4n) is 1.21. The molecule has 15 heavy (non-hydrogen) atoms. The molecule has 0 amide bonds. The first-order chi connectivity index (χ1) is 6.87. The summed E-state index contributed by atoms with van der Waals surface area (Å²) >= 11 is 0. The van der Waals surface area contributed by atoms with Crippen LogP contribution in [0.3, 0.4) is 0 Å². The Bertz CT molecular complexity index is 265. The van der Waals surface area contributed by atoms with Gasteiger partial charge in [-0.1, -0.05) is 0 Å². The molecule has 0 aliphatic heterocycles. The zero-order valence-corrected chi connectivity index (χ0v) is 10.8. The maximum Gasteiger partial charge on any atom is 0.218 e. The van der Waals surface area contributed by atoms with E-state index in [0.717, 1.165) is 0 Å². The second-order valence-electron chi connectivity index (χ2n) is 3.79. The van der Waals surface area contributed by atoms with Gasteiger partial charge in [0, 0.05) is 26.2 Å². The number of ether oxygens (including phenoxy) is 1. The minimum atomic E-state index is -3.29. The van der Waals surface area contributed by atoms with Crippen molar-refractivity contribution in [2.45, 2.75) is 32.1 Å². The maximum absolute atomic E-state index is 12.0. The minimum Gasteiger partial charge on any atom is -0.383 e. The van der Waals surface area contributed by atoms with Crippen LogP contribution in [0.4, 0.5) is 0 Å². The summed E-state index contributed by atoms with van der Waals surface area (Å²) in [5, 5.41) is -0.545. The number of hydrogen-bond acceptors (Lipinski definition) is 4. The molecule has 0 bridgehead atoms. The highest BCUT2D eigenvalue weighted by Crippen LogP contribution is 2.11. The molecule has 5 nitrogen and oxygen atoms in total. The Morgan fingerprint density at radius 3 is 2.20 bits per heavy atom. The van der Waals surface area contributed by atoms with Crippen LogP contribution in [0, 0.1) is 0 Å². The Kier molecular flexibility index (Phi) is 6.35. The molecule has 0 aromatic carbocycles. The van der Waals surface area contributed by atoms with E-state index in [1.165, 1.54) is 4.31 Å². The molecule has 0 fully saturated rings. The van der Waals surface area contributed by atoms with E-state index < -0.39 is 15.3 Å². The zero-order valence-electron chi connectivity index (χ0n) is 9.93. The van der Waals surface area contributed by atoms with Gasteiger partial charge in [-0.3, -0.25) is 0 Å². The number of methoxy groups -OCH3 is 1. The summed E-state index contributed by atoms with van der Waals surface area (Å²) in [5.74, 6) is 0. The summed E-state index contributed by atoms with van der Waals surface area (Å²) in [6, 6.07) is -0.0702. The van der Waals surface area contributed by atoms with Crippen molar-refractivity contribution in [2.75, 3.05) is 26.8 Å². The number of sulfonamides is 1. The van der Waals surface area contributed by atoms with E-state index >= 15 is 0 Å². The summed E-state index contributed by atoms with van der Waals surface area (Å²) in [6.45, 7) is 6.22. The Balaban J connectivity index is 4.75. The molecule has 1 unspecified atom stereocenters. The first-order valence-electron chi connectivity index (χ1n) is 5.07. The molecule has 92 valence electrons. The van der Waals surface area contributed by atoms with Crippen molar-refractivity contribution in [3.05, 3.63) is 0 Å². The number of nitrogens with two attached hydrogens (primary N) is 1. The van der Waals surface area contributed by atoms with Crippen molar-refractivity contribution >= 4 is 10.0 Å². The molecule has 0 rings (SSSR count). The van der Waals surface area contributed by atoms with Crippen LogP contribution in [0.25, 0.3) is 0 Å². The smallest absolute Gasteiger partial charge is 0.218 e. The van der Waals surface area contributed by atoms with E-state index in [2.05, 4.69) is 0 Å². The normalized spacial score (nSPS) is 14.9. The SMILES string of the molecule is COCCN(C(C)C)S(=O)(=O)C(C)CN. The van der Waals surface area contributed by atoms with Crippen molar-refractivity contribution in [3.8, 4) is 0 Å². The third kappa shape index (κ3) is 4.06. The van der Waals surface area contributed by atoms with E-state index in [9.17, 15) is 8.42 Å². The lowest BCUT2D eigenvalue weighted by atomic mass is 10.4. The zero-order chi connectivity index (χ0) is 12.1. The first kappa shape index (κ1) is 14.8. The molecule has 0 aromatic rings. The van der Waals surface area contributed by atoms with Gasteiger partial charge in [0.05, 0.1) is 11.9 Å². The average molecular weight is 238 g/mol. The monoisotopic (exact) mass is 238 g/mol. The fraction of sp³-hybridized carbons (Fsp3) is 1.00. The van der Waals surface area contributed by atoms with Crippen LogP contribution in [0.15, 0.2) is 0 Å². The van der Waals surface area contributed by atoms with Gasteiger partial charge in [-0.25, -0.2) is 8.42 Å². The van der Waals surface area contributed by atoms with Crippen LogP contribution in [0.5, 0.6) is 0 Å². The van der Waals surface area contributed by atoms with E-state index in [0.29, 0.717) is 13.2 Å². The summed E-state index contributed by atoms with van der Waals surface area (Å²) in [7, 11) is -1.74. The largest absolute Gasteiger partial charge is 0.383 e. The van der Waals surface area contributed by atoms with Gasteiger partial charge < -0.3 is 10.5 Å². The Hall–Kier alpha value is -0.170. The highest BCUT2D eigenvalue weighted by atomic mass is 32.2. The summed E-state index contributed by atoms with van der Waals surface area (Å²) in [4.78, 5) is 0. The van der Waals surface area contributed by atoms with E-state index in [4.69, 9.17) is 10.5 Å². The topological polar surface area (TPSA) is 72.6 Å². The first-order valence-corrected chi connectivity index (χ1v) is 6.57. The van der Waals surface area contributed by atoms with Crippen LogP contribution in [0.1, 0.15) is 20.8 Å². The molecule has 2 N–H and O–H groups in total. The van der Waals surface area contributed by atoms with Crippen LogP contribution >= 0.6 is 0 Å². The van der Waals surface area contributed by atoms with Gasteiger partial charge in [-0.05, 0) is 20.8 Å². The molecule has 0 aliphatic rings.